The van der Waals surface area contributed by atoms with Gasteiger partial charge in [0.2, 0.25) is 0 Å². The van der Waals surface area contributed by atoms with Crippen LogP contribution in [-0.4, -0.2) is 10.9 Å². The van der Waals surface area contributed by atoms with Crippen molar-refractivity contribution >= 4 is 5.71 Å². The molecule has 2 aliphatic rings. The first-order chi connectivity index (χ1) is 8.04. The smallest absolute Gasteiger partial charge is 0.0827 e. The average Bonchev–Trinajstić information content (AvgIpc) is 2.28. The molecule has 17 heavy (non-hydrogen) atoms. The van der Waals surface area contributed by atoms with Gasteiger partial charge in [-0.2, -0.15) is 0 Å². The van der Waals surface area contributed by atoms with Gasteiger partial charge in [0, 0.05) is 6.42 Å². The van der Waals surface area contributed by atoms with Gasteiger partial charge in [0.1, 0.15) is 0 Å². The minimum absolute atomic E-state index is 0.547. The van der Waals surface area contributed by atoms with Crippen LogP contribution < -0.4 is 0 Å². The van der Waals surface area contributed by atoms with Crippen molar-refractivity contribution in [2.24, 2.45) is 28.8 Å². The van der Waals surface area contributed by atoms with E-state index in [2.05, 4.69) is 45.0 Å². The summed E-state index contributed by atoms with van der Waals surface area (Å²) >= 11 is 0. The highest BCUT2D eigenvalue weighted by Gasteiger charge is 2.37. The van der Waals surface area contributed by atoms with Gasteiger partial charge in [0.25, 0.3) is 0 Å². The van der Waals surface area contributed by atoms with E-state index in [1.165, 1.54) is 12.0 Å². The first-order valence-electron chi connectivity index (χ1n) is 6.61. The highest BCUT2D eigenvalue weighted by atomic mass is 16.4. The fourth-order valence-corrected chi connectivity index (χ4v) is 3.36. The van der Waals surface area contributed by atoms with E-state index in [4.69, 9.17) is 5.21 Å². The number of rotatable bonds is 1. The third-order valence-electron chi connectivity index (χ3n) is 4.54. The van der Waals surface area contributed by atoms with Crippen LogP contribution in [0, 0.1) is 23.7 Å². The quantitative estimate of drug-likeness (QED) is 0.414. The summed E-state index contributed by atoms with van der Waals surface area (Å²) in [6.45, 7) is 8.91. The fraction of sp³-hybridized carbons (Fsp3) is 0.667. The van der Waals surface area contributed by atoms with Crippen molar-refractivity contribution in [3.63, 3.8) is 0 Å². The number of oxime groups is 1. The molecular formula is C15H23NO. The molecule has 0 aromatic rings. The Hall–Kier alpha value is -1.05. The molecule has 0 radical (unpaired) electrons. The van der Waals surface area contributed by atoms with E-state index >= 15 is 0 Å². The van der Waals surface area contributed by atoms with Gasteiger partial charge in [-0.25, -0.2) is 0 Å². The zero-order valence-corrected chi connectivity index (χ0v) is 11.3. The Bertz CT molecular complexity index is 390. The van der Waals surface area contributed by atoms with E-state index in [1.54, 1.807) is 0 Å². The molecule has 2 rings (SSSR count). The average molecular weight is 233 g/mol. The van der Waals surface area contributed by atoms with Crippen LogP contribution in [0.2, 0.25) is 0 Å². The summed E-state index contributed by atoms with van der Waals surface area (Å²) in [6.07, 6.45) is 6.81. The Morgan fingerprint density at radius 3 is 2.65 bits per heavy atom. The molecule has 0 aliphatic heterocycles. The van der Waals surface area contributed by atoms with Crippen LogP contribution in [0.4, 0.5) is 0 Å². The van der Waals surface area contributed by atoms with Crippen LogP contribution in [0.5, 0.6) is 0 Å². The SMILES string of the molecule is CC1=C[C@@H]2[C@H](C/C1=N\O)C(C)=CC[C@H]2C(C)C. The van der Waals surface area contributed by atoms with Crippen molar-refractivity contribution in [1.29, 1.82) is 0 Å². The van der Waals surface area contributed by atoms with Crippen LogP contribution in [-0.2, 0) is 0 Å². The molecule has 0 amide bonds. The molecule has 0 bridgehead atoms. The molecule has 0 aromatic carbocycles. The van der Waals surface area contributed by atoms with Crippen molar-refractivity contribution in [2.75, 3.05) is 0 Å². The topological polar surface area (TPSA) is 32.6 Å². The largest absolute Gasteiger partial charge is 0.411 e. The van der Waals surface area contributed by atoms with Crippen molar-refractivity contribution in [1.82, 2.24) is 0 Å². The summed E-state index contributed by atoms with van der Waals surface area (Å²) in [6, 6.07) is 0. The van der Waals surface area contributed by atoms with Gasteiger partial charge in [-0.1, -0.05) is 36.7 Å². The lowest BCUT2D eigenvalue weighted by Gasteiger charge is -2.41. The van der Waals surface area contributed by atoms with E-state index in [1.807, 2.05) is 0 Å². The number of nitrogens with zero attached hydrogens (tertiary/aromatic N) is 1. The highest BCUT2D eigenvalue weighted by molar-refractivity contribution is 6.00. The van der Waals surface area contributed by atoms with Crippen LogP contribution in [0.1, 0.15) is 40.5 Å². The van der Waals surface area contributed by atoms with Gasteiger partial charge in [0.05, 0.1) is 5.71 Å². The zero-order chi connectivity index (χ0) is 12.6. The Labute approximate surface area is 104 Å². The predicted octanol–water partition coefficient (Wildman–Crippen LogP) is 4.02. The molecule has 0 heterocycles. The summed E-state index contributed by atoms with van der Waals surface area (Å²) in [5.74, 6) is 2.62. The van der Waals surface area contributed by atoms with Crippen molar-refractivity contribution < 1.29 is 5.21 Å². The van der Waals surface area contributed by atoms with Gasteiger partial charge in [0.15, 0.2) is 0 Å². The first kappa shape index (κ1) is 12.4. The van der Waals surface area contributed by atoms with Gasteiger partial charge in [-0.3, -0.25) is 0 Å². The Morgan fingerprint density at radius 1 is 1.35 bits per heavy atom. The Balaban J connectivity index is 2.37. The molecule has 3 atom stereocenters. The van der Waals surface area contributed by atoms with Crippen molar-refractivity contribution in [3.05, 3.63) is 23.3 Å². The molecule has 0 saturated carbocycles. The summed E-state index contributed by atoms with van der Waals surface area (Å²) < 4.78 is 0. The lowest BCUT2D eigenvalue weighted by molar-refractivity contribution is 0.224. The molecule has 0 aromatic heterocycles. The molecule has 94 valence electrons. The number of hydrogen-bond donors (Lipinski definition) is 1. The predicted molar refractivity (Wildman–Crippen MR) is 71.3 cm³/mol. The van der Waals surface area contributed by atoms with Crippen LogP contribution in [0.15, 0.2) is 28.5 Å². The van der Waals surface area contributed by atoms with Crippen molar-refractivity contribution in [2.45, 2.75) is 40.5 Å². The summed E-state index contributed by atoms with van der Waals surface area (Å²) in [5.41, 5.74) is 3.49. The minimum Gasteiger partial charge on any atom is -0.411 e. The van der Waals surface area contributed by atoms with Gasteiger partial charge >= 0.3 is 0 Å². The van der Waals surface area contributed by atoms with E-state index in [0.29, 0.717) is 17.8 Å². The lowest BCUT2D eigenvalue weighted by Crippen LogP contribution is -2.34. The van der Waals surface area contributed by atoms with Crippen LogP contribution >= 0.6 is 0 Å². The maximum atomic E-state index is 9.04. The standard InChI is InChI=1S/C15H23NO/c1-9(2)12-6-5-10(3)13-8-15(16-17)11(4)7-14(12)13/h5,7,9,12-14,17H,6,8H2,1-4H3/b16-15+/t12-,13+,14-/m0/s1. The Morgan fingerprint density at radius 2 is 2.06 bits per heavy atom. The highest BCUT2D eigenvalue weighted by Crippen LogP contribution is 2.44. The second kappa shape index (κ2) is 4.67. The maximum Gasteiger partial charge on any atom is 0.0827 e. The fourth-order valence-electron chi connectivity index (χ4n) is 3.36. The first-order valence-corrected chi connectivity index (χ1v) is 6.61. The molecule has 2 heteroatoms. The summed E-state index contributed by atoms with van der Waals surface area (Å²) in [5, 5.41) is 12.5. The van der Waals surface area contributed by atoms with E-state index in [-0.39, 0.29) is 0 Å². The molecule has 0 saturated heterocycles. The molecule has 0 spiro atoms. The van der Waals surface area contributed by atoms with Gasteiger partial charge in [-0.05, 0) is 49.5 Å². The number of fused-ring (bicyclic) bond motifs is 1. The van der Waals surface area contributed by atoms with Crippen molar-refractivity contribution in [3.8, 4) is 0 Å². The Kier molecular flexibility index (Phi) is 3.41. The maximum absolute atomic E-state index is 9.04. The third kappa shape index (κ3) is 2.18. The minimum atomic E-state index is 0.547. The monoisotopic (exact) mass is 233 g/mol. The van der Waals surface area contributed by atoms with Gasteiger partial charge in [-0.15, -0.1) is 0 Å². The number of allylic oxidation sites excluding steroid dienone is 4. The third-order valence-corrected chi connectivity index (χ3v) is 4.54. The van der Waals surface area contributed by atoms with Gasteiger partial charge < -0.3 is 5.21 Å². The second-order valence-electron chi connectivity index (χ2n) is 5.88. The molecule has 2 nitrogen and oxygen atoms in total. The van der Waals surface area contributed by atoms with Crippen LogP contribution in [0.3, 0.4) is 0 Å². The lowest BCUT2D eigenvalue weighted by atomic mass is 9.64. The van der Waals surface area contributed by atoms with E-state index in [0.717, 1.165) is 23.6 Å². The molecule has 2 aliphatic carbocycles. The zero-order valence-electron chi connectivity index (χ0n) is 11.3. The second-order valence-corrected chi connectivity index (χ2v) is 5.88. The molecule has 1 N–H and O–H groups in total. The molecule has 0 fully saturated rings. The summed E-state index contributed by atoms with van der Waals surface area (Å²) in [4.78, 5) is 0. The normalized spacial score (nSPS) is 35.6. The van der Waals surface area contributed by atoms with Crippen LogP contribution in [0.25, 0.3) is 0 Å². The van der Waals surface area contributed by atoms with E-state index < -0.39 is 0 Å². The molecule has 0 unspecified atom stereocenters. The molecular weight excluding hydrogens is 210 g/mol. The van der Waals surface area contributed by atoms with E-state index in [9.17, 15) is 0 Å². The number of hydrogen-bond acceptors (Lipinski definition) is 2. The summed E-state index contributed by atoms with van der Waals surface area (Å²) in [7, 11) is 0.